The van der Waals surface area contributed by atoms with E-state index in [1.54, 1.807) is 19.1 Å². The Kier molecular flexibility index (Phi) is 6.26. The van der Waals surface area contributed by atoms with Crippen molar-refractivity contribution in [2.45, 2.75) is 39.8 Å². The lowest BCUT2D eigenvalue weighted by atomic mass is 9.77. The third-order valence-corrected chi connectivity index (χ3v) is 5.63. The number of aromatic nitrogens is 4. The maximum Gasteiger partial charge on any atom is 0.404 e. The third-order valence-electron chi connectivity index (χ3n) is 5.45. The zero-order valence-corrected chi connectivity index (χ0v) is 19.9. The van der Waals surface area contributed by atoms with Gasteiger partial charge < -0.3 is 20.1 Å². The number of hydrogen-bond acceptors (Lipinski definition) is 8. The van der Waals surface area contributed by atoms with E-state index in [1.807, 2.05) is 25.7 Å². The summed E-state index contributed by atoms with van der Waals surface area (Å²) in [5.41, 5.74) is 6.74. The molecule has 0 radical (unpaired) electrons. The maximum atomic E-state index is 15.0. The van der Waals surface area contributed by atoms with Gasteiger partial charge in [-0.05, 0) is 47.7 Å². The predicted octanol–water partition coefficient (Wildman–Crippen LogP) is 4.53. The van der Waals surface area contributed by atoms with Gasteiger partial charge in [0.1, 0.15) is 11.9 Å². The van der Waals surface area contributed by atoms with Crippen LogP contribution in [0.25, 0.3) is 11.1 Å². The number of nitrogens with zero attached hydrogens (tertiary/aromatic N) is 5. The Morgan fingerprint density at radius 1 is 1.24 bits per heavy atom. The Hall–Kier alpha value is -3.53. The van der Waals surface area contributed by atoms with Crippen LogP contribution in [0, 0.1) is 18.2 Å². The van der Waals surface area contributed by atoms with E-state index in [-0.39, 0.29) is 28.5 Å². The number of benzene rings is 1. The second kappa shape index (κ2) is 9.02. The molecule has 1 aliphatic heterocycles. The summed E-state index contributed by atoms with van der Waals surface area (Å²) in [5.74, 6) is -0.119. The third kappa shape index (κ3) is 4.86. The first-order chi connectivity index (χ1) is 16.0. The summed E-state index contributed by atoms with van der Waals surface area (Å²) in [6, 6.07) is 6.05. The average molecular weight is 487 g/mol. The van der Waals surface area contributed by atoms with E-state index in [0.29, 0.717) is 29.2 Å². The second-order valence-electron chi connectivity index (χ2n) is 9.04. The van der Waals surface area contributed by atoms with Gasteiger partial charge >= 0.3 is 12.1 Å². The van der Waals surface area contributed by atoms with Crippen LogP contribution < -0.4 is 15.4 Å². The van der Waals surface area contributed by atoms with Crippen molar-refractivity contribution in [1.29, 1.82) is 0 Å². The molecule has 0 bridgehead atoms. The van der Waals surface area contributed by atoms with Gasteiger partial charge in [0.05, 0.1) is 12.6 Å². The topological polar surface area (TPSA) is 116 Å². The minimum Gasteiger partial charge on any atom is -0.442 e. The Balaban J connectivity index is 1.67. The highest BCUT2D eigenvalue weighted by atomic mass is 35.5. The Labute approximate surface area is 201 Å². The van der Waals surface area contributed by atoms with Gasteiger partial charge in [0, 0.05) is 23.7 Å². The van der Waals surface area contributed by atoms with Gasteiger partial charge in [0.25, 0.3) is 0 Å². The number of amides is 1. The van der Waals surface area contributed by atoms with E-state index >= 15 is 0 Å². The number of halogens is 2. The zero-order valence-electron chi connectivity index (χ0n) is 19.1. The molecule has 3 heterocycles. The zero-order chi connectivity index (χ0) is 24.6. The van der Waals surface area contributed by atoms with Crippen LogP contribution in [0.1, 0.15) is 26.5 Å². The largest absolute Gasteiger partial charge is 0.442 e. The molecule has 34 heavy (non-hydrogen) atoms. The van der Waals surface area contributed by atoms with Crippen LogP contribution in [-0.2, 0) is 4.74 Å². The molecule has 2 atom stereocenters. The highest BCUT2D eigenvalue weighted by molar-refractivity contribution is 6.28. The number of hydrogen-bond donors (Lipinski definition) is 1. The van der Waals surface area contributed by atoms with Gasteiger partial charge in [-0.25, -0.2) is 24.1 Å². The molecule has 1 fully saturated rings. The molecule has 0 saturated carbocycles. The number of carbonyl (C=O) groups is 1. The highest BCUT2D eigenvalue weighted by Gasteiger charge is 2.49. The molecule has 1 aromatic carbocycles. The van der Waals surface area contributed by atoms with Crippen molar-refractivity contribution in [3.63, 3.8) is 0 Å². The summed E-state index contributed by atoms with van der Waals surface area (Å²) in [6.45, 7) is 8.20. The summed E-state index contributed by atoms with van der Waals surface area (Å²) in [5, 5.41) is 0.0442. The summed E-state index contributed by atoms with van der Waals surface area (Å²) in [4.78, 5) is 29.9. The minimum atomic E-state index is -0.838. The van der Waals surface area contributed by atoms with Crippen molar-refractivity contribution < 1.29 is 18.7 Å². The average Bonchev–Trinajstić information content (AvgIpc) is 2.71. The van der Waals surface area contributed by atoms with E-state index in [4.69, 9.17) is 26.8 Å². The number of anilines is 1. The summed E-state index contributed by atoms with van der Waals surface area (Å²) in [7, 11) is 0. The van der Waals surface area contributed by atoms with Gasteiger partial charge in [-0.15, -0.1) is 0 Å². The van der Waals surface area contributed by atoms with E-state index in [0.717, 1.165) is 0 Å². The van der Waals surface area contributed by atoms with E-state index in [2.05, 4.69) is 19.9 Å². The van der Waals surface area contributed by atoms with Crippen molar-refractivity contribution in [1.82, 2.24) is 19.9 Å². The van der Waals surface area contributed by atoms with Gasteiger partial charge in [-0.1, -0.05) is 26.8 Å². The van der Waals surface area contributed by atoms with Gasteiger partial charge in [-0.3, -0.25) is 0 Å². The molecule has 1 aliphatic rings. The molecule has 2 unspecified atom stereocenters. The fraction of sp³-hybridized carbons (Fsp3) is 0.348. The van der Waals surface area contributed by atoms with Crippen molar-refractivity contribution in [3.05, 3.63) is 53.5 Å². The second-order valence-corrected chi connectivity index (χ2v) is 9.38. The normalized spacial score (nSPS) is 17.8. The fourth-order valence-electron chi connectivity index (χ4n) is 4.06. The smallest absolute Gasteiger partial charge is 0.404 e. The Bertz CT molecular complexity index is 1240. The number of nitrogens with two attached hydrogens (primary N) is 1. The van der Waals surface area contributed by atoms with Crippen molar-refractivity contribution in [3.8, 4) is 22.9 Å². The molecule has 178 valence electrons. The first-order valence-electron chi connectivity index (χ1n) is 10.6. The number of rotatable bonds is 5. The molecular weight excluding hydrogens is 463 g/mol. The highest BCUT2D eigenvalue weighted by Crippen LogP contribution is 2.42. The molecule has 9 nitrogen and oxygen atoms in total. The monoisotopic (exact) mass is 486 g/mol. The van der Waals surface area contributed by atoms with Crippen molar-refractivity contribution in [2.75, 3.05) is 11.4 Å². The van der Waals surface area contributed by atoms with E-state index in [9.17, 15) is 9.18 Å². The molecule has 11 heteroatoms. The van der Waals surface area contributed by atoms with Gasteiger partial charge in [0.2, 0.25) is 5.28 Å². The summed E-state index contributed by atoms with van der Waals surface area (Å²) < 4.78 is 25.8. The van der Waals surface area contributed by atoms with Gasteiger partial charge in [-0.2, -0.15) is 4.98 Å². The predicted molar refractivity (Wildman–Crippen MR) is 124 cm³/mol. The molecule has 0 spiro atoms. The van der Waals surface area contributed by atoms with E-state index in [1.165, 1.54) is 24.5 Å². The molecule has 1 saturated heterocycles. The number of carbonyl (C=O) groups excluding carboxylic acids is 1. The van der Waals surface area contributed by atoms with Crippen molar-refractivity contribution in [2.24, 2.45) is 11.1 Å². The Morgan fingerprint density at radius 3 is 2.65 bits per heavy atom. The van der Waals surface area contributed by atoms with Crippen LogP contribution in [0.15, 0.2) is 36.7 Å². The lowest BCUT2D eigenvalue weighted by Gasteiger charge is -2.53. The van der Waals surface area contributed by atoms with Gasteiger partial charge in [0.15, 0.2) is 11.6 Å². The summed E-state index contributed by atoms with van der Waals surface area (Å²) in [6.07, 6.45) is 1.82. The fourth-order valence-corrected chi connectivity index (χ4v) is 4.19. The SMILES string of the molecule is Cc1ccnc(Oc2ccc(-c3cnc(Cl)nc3N3CC(OC(N)=O)C3C(C)(C)C)cc2F)n1. The lowest BCUT2D eigenvalue weighted by molar-refractivity contribution is 0.0188. The lowest BCUT2D eigenvalue weighted by Crippen LogP contribution is -2.67. The van der Waals surface area contributed by atoms with Crippen LogP contribution in [0.4, 0.5) is 15.0 Å². The number of aryl methyl sites for hydroxylation is 1. The number of ether oxygens (including phenoxy) is 2. The molecule has 1 amide bonds. The molecule has 4 rings (SSSR count). The molecular formula is C23H24ClFN6O3. The first-order valence-corrected chi connectivity index (χ1v) is 10.9. The molecule has 3 aromatic rings. The minimum absolute atomic E-state index is 0.0165. The van der Waals surface area contributed by atoms with Crippen LogP contribution >= 0.6 is 11.6 Å². The Morgan fingerprint density at radius 2 is 2.00 bits per heavy atom. The summed E-state index contributed by atoms with van der Waals surface area (Å²) >= 11 is 6.11. The number of primary amides is 1. The van der Waals surface area contributed by atoms with Crippen molar-refractivity contribution >= 4 is 23.5 Å². The van der Waals surface area contributed by atoms with Crippen LogP contribution in [0.3, 0.4) is 0 Å². The molecule has 2 N–H and O–H groups in total. The molecule has 2 aromatic heterocycles. The standard InChI is InChI=1S/C23H24ClFN6O3/c1-12-7-8-27-22(29-12)34-16-6-5-13(9-15(16)25)14-10-28-20(24)30-19(14)31-11-17(33-21(26)32)18(31)23(2,3)4/h5-10,17-18H,11H2,1-4H3,(H2,26,32). The van der Waals surface area contributed by atoms with E-state index < -0.39 is 18.0 Å². The quantitative estimate of drug-likeness (QED) is 0.523. The first kappa shape index (κ1) is 23.6. The van der Waals surface area contributed by atoms with Crippen LogP contribution in [0.5, 0.6) is 11.8 Å². The van der Waals surface area contributed by atoms with Crippen LogP contribution in [-0.4, -0.2) is 44.7 Å². The van der Waals surface area contributed by atoms with Crippen LogP contribution in [0.2, 0.25) is 5.28 Å². The maximum absolute atomic E-state index is 15.0. The molecule has 0 aliphatic carbocycles.